The number of hydrogen-bond donors (Lipinski definition) is 2. The fourth-order valence-corrected chi connectivity index (χ4v) is 5.28. The summed E-state index contributed by atoms with van der Waals surface area (Å²) < 4.78 is 0. The Morgan fingerprint density at radius 3 is 2.84 bits per heavy atom. The Labute approximate surface area is 126 Å². The molecule has 1 aliphatic rings. The van der Waals surface area contributed by atoms with Gasteiger partial charge in [0.15, 0.2) is 0 Å². The molecule has 0 saturated heterocycles. The minimum atomic E-state index is 0.0319. The summed E-state index contributed by atoms with van der Waals surface area (Å²) in [6.45, 7) is 0. The monoisotopic (exact) mass is 312 g/mol. The normalized spacial score (nSPS) is 16.9. The fourth-order valence-electron chi connectivity index (χ4n) is 2.63. The smallest absolute Gasteiger partial charge is 0.0909 e. The second kappa shape index (κ2) is 5.94. The summed E-state index contributed by atoms with van der Waals surface area (Å²) in [7, 11) is 0. The van der Waals surface area contributed by atoms with Crippen molar-refractivity contribution in [3.05, 3.63) is 42.7 Å². The van der Waals surface area contributed by atoms with Crippen LogP contribution in [0.1, 0.15) is 45.5 Å². The Morgan fingerprint density at radius 1 is 1.26 bits per heavy atom. The van der Waals surface area contributed by atoms with Crippen LogP contribution < -0.4 is 11.3 Å². The van der Waals surface area contributed by atoms with Gasteiger partial charge in [0.05, 0.1) is 11.1 Å². The zero-order valence-electron chi connectivity index (χ0n) is 10.6. The van der Waals surface area contributed by atoms with Gasteiger partial charge in [-0.3, -0.25) is 5.84 Å². The highest BCUT2D eigenvalue weighted by Crippen LogP contribution is 2.38. The first-order valence-electron chi connectivity index (χ1n) is 6.60. The SMILES string of the molecule is NNC(c1cc2c(s1)CCCCC2)c1sccc1Cl. The highest BCUT2D eigenvalue weighted by atomic mass is 35.5. The van der Waals surface area contributed by atoms with Crippen molar-refractivity contribution in [1.29, 1.82) is 0 Å². The first kappa shape index (κ1) is 13.6. The van der Waals surface area contributed by atoms with Crippen LogP contribution in [0.25, 0.3) is 0 Å². The maximum Gasteiger partial charge on any atom is 0.0909 e. The summed E-state index contributed by atoms with van der Waals surface area (Å²) in [6, 6.07) is 4.29. The number of rotatable bonds is 3. The third kappa shape index (κ3) is 2.73. The Balaban J connectivity index is 1.94. The van der Waals surface area contributed by atoms with Gasteiger partial charge < -0.3 is 0 Å². The molecule has 2 nitrogen and oxygen atoms in total. The van der Waals surface area contributed by atoms with Gasteiger partial charge in [-0.25, -0.2) is 5.43 Å². The van der Waals surface area contributed by atoms with Crippen molar-refractivity contribution in [1.82, 2.24) is 5.43 Å². The number of hydrazine groups is 1. The molecule has 1 unspecified atom stereocenters. The maximum atomic E-state index is 6.24. The maximum absolute atomic E-state index is 6.24. The van der Waals surface area contributed by atoms with Crippen LogP contribution in [-0.4, -0.2) is 0 Å². The fraction of sp³-hybridized carbons (Fsp3) is 0.429. The number of nitrogens with one attached hydrogen (secondary N) is 1. The molecule has 1 aliphatic carbocycles. The van der Waals surface area contributed by atoms with Gasteiger partial charge in [-0.2, -0.15) is 0 Å². The summed E-state index contributed by atoms with van der Waals surface area (Å²) in [6.07, 6.45) is 6.40. The molecule has 0 saturated carbocycles. The molecule has 0 spiro atoms. The van der Waals surface area contributed by atoms with Crippen LogP contribution in [0.3, 0.4) is 0 Å². The molecule has 0 fully saturated rings. The average molecular weight is 313 g/mol. The average Bonchev–Trinajstić information content (AvgIpc) is 2.93. The van der Waals surface area contributed by atoms with Gasteiger partial charge >= 0.3 is 0 Å². The topological polar surface area (TPSA) is 38.0 Å². The molecular weight excluding hydrogens is 296 g/mol. The van der Waals surface area contributed by atoms with E-state index in [4.69, 9.17) is 17.4 Å². The Morgan fingerprint density at radius 2 is 2.11 bits per heavy atom. The van der Waals surface area contributed by atoms with Crippen LogP contribution in [0, 0.1) is 0 Å². The van der Waals surface area contributed by atoms with Crippen molar-refractivity contribution >= 4 is 34.3 Å². The molecule has 2 aromatic heterocycles. The molecule has 0 bridgehead atoms. The predicted octanol–water partition coefficient (Wildman–Crippen LogP) is 4.28. The van der Waals surface area contributed by atoms with Crippen molar-refractivity contribution in [2.24, 2.45) is 5.84 Å². The highest BCUT2D eigenvalue weighted by molar-refractivity contribution is 7.13. The molecule has 102 valence electrons. The van der Waals surface area contributed by atoms with E-state index >= 15 is 0 Å². The van der Waals surface area contributed by atoms with Crippen LogP contribution in [0.5, 0.6) is 0 Å². The Bertz CT molecular complexity index is 538. The molecule has 2 aromatic rings. The van der Waals surface area contributed by atoms with Gasteiger partial charge in [0.25, 0.3) is 0 Å². The van der Waals surface area contributed by atoms with Crippen LogP contribution in [0.4, 0.5) is 0 Å². The van der Waals surface area contributed by atoms with Crippen molar-refractivity contribution in [2.45, 2.75) is 38.1 Å². The molecule has 5 heteroatoms. The highest BCUT2D eigenvalue weighted by Gasteiger charge is 2.21. The molecule has 3 rings (SSSR count). The summed E-state index contributed by atoms with van der Waals surface area (Å²) in [5, 5.41) is 2.82. The summed E-state index contributed by atoms with van der Waals surface area (Å²) in [4.78, 5) is 3.94. The standard InChI is InChI=1S/C14H17ClN2S2/c15-10-6-7-18-14(10)13(17-16)12-8-9-4-2-1-3-5-11(9)19-12/h6-8,13,17H,1-5,16H2. The van der Waals surface area contributed by atoms with Crippen LogP contribution in [0.15, 0.2) is 17.5 Å². The van der Waals surface area contributed by atoms with E-state index in [-0.39, 0.29) is 6.04 Å². The number of hydrogen-bond acceptors (Lipinski definition) is 4. The van der Waals surface area contributed by atoms with E-state index in [1.54, 1.807) is 16.2 Å². The molecule has 0 amide bonds. The predicted molar refractivity (Wildman–Crippen MR) is 84.1 cm³/mol. The number of nitrogens with two attached hydrogens (primary N) is 1. The van der Waals surface area contributed by atoms with Crippen molar-refractivity contribution in [3.63, 3.8) is 0 Å². The van der Waals surface area contributed by atoms with Crippen molar-refractivity contribution < 1.29 is 0 Å². The lowest BCUT2D eigenvalue weighted by atomic mass is 10.1. The summed E-state index contributed by atoms with van der Waals surface area (Å²) in [5.41, 5.74) is 4.44. The van der Waals surface area contributed by atoms with Crippen LogP contribution >= 0.6 is 34.3 Å². The number of aryl methyl sites for hydroxylation is 2. The zero-order chi connectivity index (χ0) is 13.2. The molecule has 0 radical (unpaired) electrons. The van der Waals surface area contributed by atoms with Gasteiger partial charge in [-0.15, -0.1) is 22.7 Å². The first-order chi connectivity index (χ1) is 9.29. The van der Waals surface area contributed by atoms with E-state index in [9.17, 15) is 0 Å². The number of thiophene rings is 2. The Kier molecular flexibility index (Phi) is 4.24. The van der Waals surface area contributed by atoms with Gasteiger partial charge in [0.1, 0.15) is 0 Å². The van der Waals surface area contributed by atoms with E-state index in [0.29, 0.717) is 0 Å². The molecule has 1 atom stereocenters. The summed E-state index contributed by atoms with van der Waals surface area (Å²) in [5.74, 6) is 5.76. The lowest BCUT2D eigenvalue weighted by Crippen LogP contribution is -2.27. The van der Waals surface area contributed by atoms with Crippen LogP contribution in [0.2, 0.25) is 5.02 Å². The third-order valence-corrected chi connectivity index (χ3v) is 6.35. The molecule has 2 heterocycles. The van der Waals surface area contributed by atoms with Crippen molar-refractivity contribution in [3.8, 4) is 0 Å². The van der Waals surface area contributed by atoms with Gasteiger partial charge in [0.2, 0.25) is 0 Å². The van der Waals surface area contributed by atoms with Crippen LogP contribution in [-0.2, 0) is 12.8 Å². The second-order valence-electron chi connectivity index (χ2n) is 4.89. The lowest BCUT2D eigenvalue weighted by molar-refractivity contribution is 0.655. The zero-order valence-corrected chi connectivity index (χ0v) is 13.0. The minimum absolute atomic E-state index is 0.0319. The molecular formula is C14H17ClN2S2. The lowest BCUT2D eigenvalue weighted by Gasteiger charge is -2.13. The second-order valence-corrected chi connectivity index (χ2v) is 7.41. The van der Waals surface area contributed by atoms with Crippen molar-refractivity contribution in [2.75, 3.05) is 0 Å². The van der Waals surface area contributed by atoms with E-state index in [0.717, 1.165) is 9.90 Å². The largest absolute Gasteiger partial charge is 0.271 e. The quantitative estimate of drug-likeness (QED) is 0.504. The first-order valence-corrected chi connectivity index (χ1v) is 8.67. The van der Waals surface area contributed by atoms with E-state index in [2.05, 4.69) is 11.5 Å². The van der Waals surface area contributed by atoms with E-state index in [1.165, 1.54) is 42.5 Å². The molecule has 19 heavy (non-hydrogen) atoms. The Hall–Kier alpha value is -0.390. The molecule has 0 aliphatic heterocycles. The van der Waals surface area contributed by atoms with E-state index < -0.39 is 0 Å². The number of halogens is 1. The number of fused-ring (bicyclic) bond motifs is 1. The summed E-state index contributed by atoms with van der Waals surface area (Å²) >= 11 is 9.79. The molecule has 3 N–H and O–H groups in total. The third-order valence-electron chi connectivity index (χ3n) is 3.62. The minimum Gasteiger partial charge on any atom is -0.271 e. The van der Waals surface area contributed by atoms with Gasteiger partial charge in [0, 0.05) is 14.6 Å². The van der Waals surface area contributed by atoms with Gasteiger partial charge in [-0.05, 0) is 48.8 Å². The van der Waals surface area contributed by atoms with Gasteiger partial charge in [-0.1, -0.05) is 18.0 Å². The van der Waals surface area contributed by atoms with E-state index in [1.807, 2.05) is 22.8 Å². The molecule has 0 aromatic carbocycles.